The third-order valence-electron chi connectivity index (χ3n) is 3.49. The molecule has 0 aliphatic heterocycles. The van der Waals surface area contributed by atoms with Crippen molar-refractivity contribution in [1.29, 1.82) is 0 Å². The van der Waals surface area contributed by atoms with Gasteiger partial charge in [0.1, 0.15) is 0 Å². The molecule has 0 saturated carbocycles. The molecule has 0 unspecified atom stereocenters. The second-order valence-electron chi connectivity index (χ2n) is 5.18. The van der Waals surface area contributed by atoms with E-state index >= 15 is 0 Å². The van der Waals surface area contributed by atoms with Crippen LogP contribution in [-0.4, -0.2) is 25.8 Å². The number of fused-ring (bicyclic) bond motifs is 1. The summed E-state index contributed by atoms with van der Waals surface area (Å²) in [6.07, 6.45) is -4.80. The Labute approximate surface area is 138 Å². The first kappa shape index (κ1) is 16.4. The first-order chi connectivity index (χ1) is 11.3. The minimum Gasteiger partial charge on any atom is -0.481 e. The molecule has 9 heteroatoms. The number of pyridine rings is 1. The molecule has 0 aromatic carbocycles. The number of aromatic nitrogens is 3. The number of carboxylic acid groups (broad SMARTS) is 1. The van der Waals surface area contributed by atoms with Gasteiger partial charge in [-0.25, -0.2) is 9.67 Å². The van der Waals surface area contributed by atoms with E-state index in [0.29, 0.717) is 4.88 Å². The van der Waals surface area contributed by atoms with Gasteiger partial charge < -0.3 is 5.11 Å². The number of hydrogen-bond acceptors (Lipinski definition) is 4. The average Bonchev–Trinajstić information content (AvgIpc) is 3.12. The van der Waals surface area contributed by atoms with Gasteiger partial charge in [0.15, 0.2) is 5.65 Å². The van der Waals surface area contributed by atoms with Gasteiger partial charge in [0, 0.05) is 0 Å². The molecule has 1 N–H and O–H groups in total. The minimum atomic E-state index is -4.56. The lowest BCUT2D eigenvalue weighted by Gasteiger charge is -2.11. The zero-order valence-electron chi connectivity index (χ0n) is 12.5. The molecule has 3 heterocycles. The molecule has 0 amide bonds. The summed E-state index contributed by atoms with van der Waals surface area (Å²) in [5, 5.41) is 14.5. The lowest BCUT2D eigenvalue weighted by molar-refractivity contribution is -0.137. The van der Waals surface area contributed by atoms with Crippen molar-refractivity contribution in [2.45, 2.75) is 26.1 Å². The fourth-order valence-electron chi connectivity index (χ4n) is 2.49. The van der Waals surface area contributed by atoms with Crippen molar-refractivity contribution in [3.63, 3.8) is 0 Å². The van der Waals surface area contributed by atoms with E-state index in [0.717, 1.165) is 6.07 Å². The van der Waals surface area contributed by atoms with Gasteiger partial charge >= 0.3 is 12.1 Å². The molecule has 3 aromatic heterocycles. The molecule has 0 saturated heterocycles. The fraction of sp³-hybridized carbons (Fsp3) is 0.267. The largest absolute Gasteiger partial charge is 0.481 e. The van der Waals surface area contributed by atoms with Crippen LogP contribution in [0.1, 0.15) is 17.7 Å². The van der Waals surface area contributed by atoms with Crippen LogP contribution in [0.2, 0.25) is 0 Å². The second kappa shape index (κ2) is 5.90. The third-order valence-corrected chi connectivity index (χ3v) is 4.39. The fourth-order valence-corrected chi connectivity index (χ4v) is 3.17. The SMILES string of the molecule is Cc1nn(CCC(=O)O)c2nc(-c3cccs3)cc(C(F)(F)F)c12. The summed E-state index contributed by atoms with van der Waals surface area (Å²) in [6.45, 7) is 1.42. The van der Waals surface area contributed by atoms with E-state index in [4.69, 9.17) is 5.11 Å². The number of carbonyl (C=O) groups is 1. The first-order valence-electron chi connectivity index (χ1n) is 6.98. The zero-order chi connectivity index (χ0) is 17.5. The number of rotatable bonds is 4. The third kappa shape index (κ3) is 2.99. The van der Waals surface area contributed by atoms with Crippen LogP contribution in [0.15, 0.2) is 23.6 Å². The summed E-state index contributed by atoms with van der Waals surface area (Å²) in [5.41, 5.74) is -0.392. The van der Waals surface area contributed by atoms with E-state index < -0.39 is 17.7 Å². The van der Waals surface area contributed by atoms with E-state index in [-0.39, 0.29) is 35.4 Å². The van der Waals surface area contributed by atoms with Crippen molar-refractivity contribution in [2.75, 3.05) is 0 Å². The van der Waals surface area contributed by atoms with E-state index in [1.807, 2.05) is 0 Å². The molecule has 0 aliphatic carbocycles. The Morgan fingerprint density at radius 1 is 1.42 bits per heavy atom. The van der Waals surface area contributed by atoms with Crippen LogP contribution in [0, 0.1) is 6.92 Å². The molecule has 0 spiro atoms. The molecule has 5 nitrogen and oxygen atoms in total. The monoisotopic (exact) mass is 355 g/mol. The van der Waals surface area contributed by atoms with Crippen molar-refractivity contribution in [2.24, 2.45) is 0 Å². The van der Waals surface area contributed by atoms with Gasteiger partial charge in [-0.15, -0.1) is 11.3 Å². The number of aliphatic carboxylic acids is 1. The Bertz CT molecular complexity index is 901. The van der Waals surface area contributed by atoms with Crippen LogP contribution in [0.3, 0.4) is 0 Å². The highest BCUT2D eigenvalue weighted by atomic mass is 32.1. The van der Waals surface area contributed by atoms with Crippen LogP contribution >= 0.6 is 11.3 Å². The lowest BCUT2D eigenvalue weighted by Crippen LogP contribution is -2.09. The van der Waals surface area contributed by atoms with E-state index in [1.54, 1.807) is 17.5 Å². The van der Waals surface area contributed by atoms with E-state index in [9.17, 15) is 18.0 Å². The summed E-state index contributed by atoms with van der Waals surface area (Å²) < 4.78 is 41.7. The highest BCUT2D eigenvalue weighted by Gasteiger charge is 2.35. The Hall–Kier alpha value is -2.42. The van der Waals surface area contributed by atoms with Crippen LogP contribution in [0.5, 0.6) is 0 Å². The zero-order valence-corrected chi connectivity index (χ0v) is 13.3. The predicted molar refractivity (Wildman–Crippen MR) is 82.8 cm³/mol. The highest BCUT2D eigenvalue weighted by molar-refractivity contribution is 7.13. The van der Waals surface area contributed by atoms with Crippen molar-refractivity contribution in [3.8, 4) is 10.6 Å². The van der Waals surface area contributed by atoms with Gasteiger partial charge in [-0.05, 0) is 24.4 Å². The van der Waals surface area contributed by atoms with Crippen molar-refractivity contribution in [3.05, 3.63) is 34.8 Å². The van der Waals surface area contributed by atoms with Gasteiger partial charge in [-0.2, -0.15) is 18.3 Å². The van der Waals surface area contributed by atoms with Gasteiger partial charge in [-0.1, -0.05) is 6.07 Å². The van der Waals surface area contributed by atoms with Crippen molar-refractivity contribution in [1.82, 2.24) is 14.8 Å². The van der Waals surface area contributed by atoms with Crippen LogP contribution in [-0.2, 0) is 17.5 Å². The van der Waals surface area contributed by atoms with Gasteiger partial charge in [-0.3, -0.25) is 4.79 Å². The summed E-state index contributed by atoms with van der Waals surface area (Å²) in [7, 11) is 0. The summed E-state index contributed by atoms with van der Waals surface area (Å²) in [4.78, 5) is 15.7. The minimum absolute atomic E-state index is 0.0438. The maximum atomic E-state index is 13.5. The Kier molecular flexibility index (Phi) is 4.04. The molecule has 0 bridgehead atoms. The van der Waals surface area contributed by atoms with Gasteiger partial charge in [0.05, 0.1) is 40.2 Å². The molecule has 24 heavy (non-hydrogen) atoms. The van der Waals surface area contributed by atoms with Crippen LogP contribution < -0.4 is 0 Å². The normalized spacial score (nSPS) is 12.0. The quantitative estimate of drug-likeness (QED) is 0.769. The molecule has 3 aromatic rings. The molecule has 126 valence electrons. The van der Waals surface area contributed by atoms with Crippen LogP contribution in [0.25, 0.3) is 21.6 Å². The predicted octanol–water partition coefficient (Wildman–Crippen LogP) is 3.96. The number of halogens is 3. The first-order valence-corrected chi connectivity index (χ1v) is 7.86. The highest BCUT2D eigenvalue weighted by Crippen LogP contribution is 2.38. The topological polar surface area (TPSA) is 68.0 Å². The summed E-state index contributed by atoms with van der Waals surface area (Å²) >= 11 is 1.28. The number of aryl methyl sites for hydroxylation is 2. The van der Waals surface area contributed by atoms with E-state index in [2.05, 4.69) is 10.1 Å². The Morgan fingerprint density at radius 2 is 2.17 bits per heavy atom. The number of hydrogen-bond donors (Lipinski definition) is 1. The smallest absolute Gasteiger partial charge is 0.417 e. The van der Waals surface area contributed by atoms with E-state index in [1.165, 1.54) is 22.9 Å². The molecular formula is C15H12F3N3O2S. The van der Waals surface area contributed by atoms with Crippen molar-refractivity contribution >= 4 is 28.3 Å². The second-order valence-corrected chi connectivity index (χ2v) is 6.13. The Balaban J connectivity index is 2.26. The number of nitrogens with zero attached hydrogens (tertiary/aromatic N) is 3. The lowest BCUT2D eigenvalue weighted by atomic mass is 10.1. The molecule has 0 aliphatic rings. The standard InChI is InChI=1S/C15H12F3N3O2S/c1-8-13-9(15(16,17)18)7-10(11-3-2-6-24-11)19-14(13)21(20-8)5-4-12(22)23/h2-3,6-7H,4-5H2,1H3,(H,22,23). The molecule has 0 radical (unpaired) electrons. The van der Waals surface area contributed by atoms with Gasteiger partial charge in [0.2, 0.25) is 0 Å². The molecule has 3 rings (SSSR count). The molecular weight excluding hydrogens is 343 g/mol. The number of thiophene rings is 1. The summed E-state index contributed by atoms with van der Waals surface area (Å²) in [5.74, 6) is -1.05. The maximum absolute atomic E-state index is 13.5. The number of alkyl halides is 3. The average molecular weight is 355 g/mol. The summed E-state index contributed by atoms with van der Waals surface area (Å²) in [6, 6.07) is 4.43. The molecule has 0 atom stereocenters. The number of carboxylic acids is 1. The molecule has 0 fully saturated rings. The van der Waals surface area contributed by atoms with Crippen molar-refractivity contribution < 1.29 is 23.1 Å². The van der Waals surface area contributed by atoms with Crippen LogP contribution in [0.4, 0.5) is 13.2 Å². The maximum Gasteiger partial charge on any atom is 0.417 e. The van der Waals surface area contributed by atoms with Gasteiger partial charge in [0.25, 0.3) is 0 Å². The Morgan fingerprint density at radius 3 is 2.75 bits per heavy atom.